The van der Waals surface area contributed by atoms with E-state index in [9.17, 15) is 9.90 Å². The molecule has 0 unspecified atom stereocenters. The van der Waals surface area contributed by atoms with Crippen molar-refractivity contribution in [2.24, 2.45) is 11.8 Å². The second-order valence-corrected chi connectivity index (χ2v) is 6.57. The normalized spacial score (nSPS) is 22.2. The van der Waals surface area contributed by atoms with Crippen LogP contribution in [0.15, 0.2) is 6.07 Å². The van der Waals surface area contributed by atoms with E-state index < -0.39 is 0 Å². The van der Waals surface area contributed by atoms with Gasteiger partial charge in [0.1, 0.15) is 5.69 Å². The minimum atomic E-state index is -0.219. The molecule has 122 valence electrons. The van der Waals surface area contributed by atoms with Gasteiger partial charge in [-0.05, 0) is 43.6 Å². The molecule has 2 rings (SSSR count). The molecule has 0 bridgehead atoms. The van der Waals surface area contributed by atoms with Crippen LogP contribution in [0.1, 0.15) is 56.2 Å². The Morgan fingerprint density at radius 3 is 2.68 bits per heavy atom. The molecular weight excluding hydrogens is 280 g/mol. The molecule has 1 aromatic rings. The van der Waals surface area contributed by atoms with Crippen molar-refractivity contribution in [1.29, 1.82) is 0 Å². The van der Waals surface area contributed by atoms with Gasteiger partial charge in [0.25, 0.3) is 5.91 Å². The zero-order valence-electron chi connectivity index (χ0n) is 13.5. The Bertz CT molecular complexity index is 527. The summed E-state index contributed by atoms with van der Waals surface area (Å²) in [6, 6.07) is 1.79. The van der Waals surface area contributed by atoms with Gasteiger partial charge in [0.15, 0.2) is 0 Å². The number of carbonyl (C=O) groups excluding carboxylic acids is 1. The number of aromatic nitrogens is 2. The smallest absolute Gasteiger partial charge is 0.270 e. The van der Waals surface area contributed by atoms with Crippen LogP contribution in [-0.4, -0.2) is 33.1 Å². The van der Waals surface area contributed by atoms with Crippen molar-refractivity contribution in [3.63, 3.8) is 0 Å². The minimum Gasteiger partial charge on any atom is -0.393 e. The van der Waals surface area contributed by atoms with E-state index in [1.165, 1.54) is 0 Å². The third kappa shape index (κ3) is 4.16. The van der Waals surface area contributed by atoms with Crippen LogP contribution in [0.3, 0.4) is 0 Å². The molecule has 0 spiro atoms. The first-order valence-electron chi connectivity index (χ1n) is 8.01. The molecule has 6 nitrogen and oxygen atoms in total. The Morgan fingerprint density at radius 2 is 2.14 bits per heavy atom. The SMILES string of the molecule is CC[C@@H](NC(=O)c1cc(CC(C)C)nc(N)n1)C1CC(O)C1. The van der Waals surface area contributed by atoms with Gasteiger partial charge in [0, 0.05) is 11.7 Å². The Balaban J connectivity index is 2.06. The van der Waals surface area contributed by atoms with Crippen LogP contribution >= 0.6 is 0 Å². The molecule has 1 aromatic heterocycles. The van der Waals surface area contributed by atoms with Gasteiger partial charge in [0.2, 0.25) is 5.95 Å². The van der Waals surface area contributed by atoms with Crippen molar-refractivity contribution in [2.75, 3.05) is 5.73 Å². The maximum atomic E-state index is 12.4. The maximum Gasteiger partial charge on any atom is 0.270 e. The van der Waals surface area contributed by atoms with Crippen molar-refractivity contribution in [3.05, 3.63) is 17.5 Å². The summed E-state index contributed by atoms with van der Waals surface area (Å²) in [5, 5.41) is 12.4. The molecule has 22 heavy (non-hydrogen) atoms. The van der Waals surface area contributed by atoms with Gasteiger partial charge in [-0.1, -0.05) is 20.8 Å². The Morgan fingerprint density at radius 1 is 1.45 bits per heavy atom. The minimum absolute atomic E-state index is 0.0700. The predicted molar refractivity (Wildman–Crippen MR) is 85.3 cm³/mol. The molecule has 1 amide bonds. The van der Waals surface area contributed by atoms with Crippen molar-refractivity contribution in [1.82, 2.24) is 15.3 Å². The number of nitrogen functional groups attached to an aromatic ring is 1. The molecule has 4 N–H and O–H groups in total. The number of carbonyl (C=O) groups is 1. The summed E-state index contributed by atoms with van der Waals surface area (Å²) in [6.45, 7) is 6.22. The number of hydrogen-bond donors (Lipinski definition) is 3. The zero-order valence-corrected chi connectivity index (χ0v) is 13.5. The average Bonchev–Trinajstić information content (AvgIpc) is 2.40. The zero-order chi connectivity index (χ0) is 16.3. The molecule has 1 atom stereocenters. The van der Waals surface area contributed by atoms with Crippen molar-refractivity contribution in [2.45, 2.75) is 58.6 Å². The molecule has 0 aromatic carbocycles. The van der Waals surface area contributed by atoms with Crippen LogP contribution < -0.4 is 11.1 Å². The van der Waals surface area contributed by atoms with Gasteiger partial charge >= 0.3 is 0 Å². The van der Waals surface area contributed by atoms with Crippen LogP contribution in [0.4, 0.5) is 5.95 Å². The summed E-state index contributed by atoms with van der Waals surface area (Å²) in [5.74, 6) is 0.700. The van der Waals surface area contributed by atoms with Crippen molar-refractivity contribution >= 4 is 11.9 Å². The highest BCUT2D eigenvalue weighted by Gasteiger charge is 2.34. The lowest BCUT2D eigenvalue weighted by Gasteiger charge is -2.37. The molecule has 0 saturated heterocycles. The fraction of sp³-hybridized carbons (Fsp3) is 0.688. The quantitative estimate of drug-likeness (QED) is 0.740. The summed E-state index contributed by atoms with van der Waals surface area (Å²) in [7, 11) is 0. The molecule has 1 fully saturated rings. The lowest BCUT2D eigenvalue weighted by atomic mass is 9.76. The number of aliphatic hydroxyl groups excluding tert-OH is 1. The predicted octanol–water partition coefficient (Wildman–Crippen LogP) is 1.54. The summed E-state index contributed by atoms with van der Waals surface area (Å²) in [6.07, 6.45) is 2.89. The number of amides is 1. The number of hydrogen-bond acceptors (Lipinski definition) is 5. The van der Waals surface area contributed by atoms with Gasteiger partial charge < -0.3 is 16.2 Å². The largest absolute Gasteiger partial charge is 0.393 e. The molecule has 1 aliphatic rings. The van der Waals surface area contributed by atoms with Crippen LogP contribution in [0.25, 0.3) is 0 Å². The van der Waals surface area contributed by atoms with Gasteiger partial charge in [-0.15, -0.1) is 0 Å². The molecule has 1 heterocycles. The molecular formula is C16H26N4O2. The first kappa shape index (κ1) is 16.7. The number of anilines is 1. The molecule has 1 aliphatic carbocycles. The summed E-state index contributed by atoms with van der Waals surface area (Å²) in [5.41, 5.74) is 6.83. The van der Waals surface area contributed by atoms with E-state index in [4.69, 9.17) is 5.73 Å². The highest BCUT2D eigenvalue weighted by Crippen LogP contribution is 2.31. The number of nitrogens with one attached hydrogen (secondary N) is 1. The molecule has 6 heteroatoms. The van der Waals surface area contributed by atoms with E-state index >= 15 is 0 Å². The van der Waals surface area contributed by atoms with Gasteiger partial charge in [0.05, 0.1) is 6.10 Å². The topological polar surface area (TPSA) is 101 Å². The summed E-state index contributed by atoms with van der Waals surface area (Å²) in [4.78, 5) is 20.6. The molecule has 0 radical (unpaired) electrons. The third-order valence-corrected chi connectivity index (χ3v) is 4.12. The first-order chi connectivity index (χ1) is 10.4. The Labute approximate surface area is 131 Å². The fourth-order valence-corrected chi connectivity index (χ4v) is 2.91. The van der Waals surface area contributed by atoms with Crippen LogP contribution in [0, 0.1) is 11.8 Å². The Kier molecular flexibility index (Phi) is 5.34. The lowest BCUT2D eigenvalue weighted by molar-refractivity contribution is 0.0232. The van der Waals surface area contributed by atoms with E-state index in [1.54, 1.807) is 6.07 Å². The van der Waals surface area contributed by atoms with Gasteiger partial charge in [-0.3, -0.25) is 4.79 Å². The van der Waals surface area contributed by atoms with Crippen LogP contribution in [0.5, 0.6) is 0 Å². The fourth-order valence-electron chi connectivity index (χ4n) is 2.91. The first-order valence-corrected chi connectivity index (χ1v) is 8.01. The van der Waals surface area contributed by atoms with E-state index in [1.807, 2.05) is 6.92 Å². The van der Waals surface area contributed by atoms with Gasteiger partial charge in [-0.2, -0.15) is 0 Å². The van der Waals surface area contributed by atoms with E-state index in [-0.39, 0.29) is 24.0 Å². The average molecular weight is 306 g/mol. The van der Waals surface area contributed by atoms with E-state index in [0.29, 0.717) is 17.5 Å². The number of nitrogens with zero attached hydrogens (tertiary/aromatic N) is 2. The highest BCUT2D eigenvalue weighted by atomic mass is 16.3. The number of aliphatic hydroxyl groups is 1. The monoisotopic (exact) mass is 306 g/mol. The summed E-state index contributed by atoms with van der Waals surface area (Å²) >= 11 is 0. The molecule has 0 aliphatic heterocycles. The summed E-state index contributed by atoms with van der Waals surface area (Å²) < 4.78 is 0. The standard InChI is InChI=1S/C16H26N4O2/c1-4-13(10-6-12(21)7-10)19-15(22)14-8-11(5-9(2)3)18-16(17)20-14/h8-10,12-13,21H,4-7H2,1-3H3,(H,19,22)(H2,17,18,20)/t10?,12?,13-/m1/s1. The third-order valence-electron chi connectivity index (χ3n) is 4.12. The molecule has 1 saturated carbocycles. The second-order valence-electron chi connectivity index (χ2n) is 6.57. The van der Waals surface area contributed by atoms with Crippen LogP contribution in [-0.2, 0) is 6.42 Å². The van der Waals surface area contributed by atoms with Gasteiger partial charge in [-0.25, -0.2) is 9.97 Å². The number of nitrogens with two attached hydrogens (primary N) is 1. The Hall–Kier alpha value is -1.69. The van der Waals surface area contributed by atoms with Crippen molar-refractivity contribution in [3.8, 4) is 0 Å². The highest BCUT2D eigenvalue weighted by molar-refractivity contribution is 5.92. The van der Waals surface area contributed by atoms with Crippen LogP contribution in [0.2, 0.25) is 0 Å². The second kappa shape index (κ2) is 7.05. The number of rotatable bonds is 6. The van der Waals surface area contributed by atoms with Crippen molar-refractivity contribution < 1.29 is 9.90 Å². The van der Waals surface area contributed by atoms with E-state index in [2.05, 4.69) is 29.1 Å². The lowest BCUT2D eigenvalue weighted by Crippen LogP contribution is -2.46. The van der Waals surface area contributed by atoms with E-state index in [0.717, 1.165) is 31.4 Å². The maximum absolute atomic E-state index is 12.4.